The van der Waals surface area contributed by atoms with Gasteiger partial charge in [-0.15, -0.1) is 5.10 Å². The van der Waals surface area contributed by atoms with Crippen molar-refractivity contribution in [2.45, 2.75) is 44.6 Å². The lowest BCUT2D eigenvalue weighted by Gasteiger charge is -2.42. The molecule has 0 atom stereocenters. The fourth-order valence-electron chi connectivity index (χ4n) is 4.65. The van der Waals surface area contributed by atoms with Crippen LogP contribution in [0.3, 0.4) is 0 Å². The van der Waals surface area contributed by atoms with Gasteiger partial charge in [0.05, 0.1) is 22.6 Å². The van der Waals surface area contributed by atoms with Crippen LogP contribution in [-0.4, -0.2) is 20.2 Å². The van der Waals surface area contributed by atoms with Crippen molar-refractivity contribution in [3.05, 3.63) is 95.3 Å². The molecule has 0 unspecified atom stereocenters. The fraction of sp³-hybridized carbons (Fsp3) is 0.269. The Bertz CT molecular complexity index is 1160. The molecule has 168 valence electrons. The van der Waals surface area contributed by atoms with Crippen LogP contribution in [0.2, 0.25) is 5.02 Å². The van der Waals surface area contributed by atoms with Crippen molar-refractivity contribution in [1.82, 2.24) is 25.6 Å². The first-order valence-electron chi connectivity index (χ1n) is 11.4. The maximum Gasteiger partial charge on any atom is 0.178 e. The monoisotopic (exact) mass is 458 g/mol. The van der Waals surface area contributed by atoms with E-state index in [1.165, 1.54) is 6.42 Å². The number of benzene rings is 3. The second kappa shape index (κ2) is 9.33. The van der Waals surface area contributed by atoms with Gasteiger partial charge in [0.15, 0.2) is 5.82 Å². The van der Waals surface area contributed by atoms with Gasteiger partial charge < -0.3 is 0 Å². The number of nitrogens with one attached hydrogen (secondary N) is 1. The van der Waals surface area contributed by atoms with Crippen molar-refractivity contribution >= 4 is 23.0 Å². The van der Waals surface area contributed by atoms with Crippen LogP contribution in [-0.2, 0) is 5.54 Å². The molecule has 7 heteroatoms. The number of tetrazole rings is 1. The molecule has 1 N–H and O–H groups in total. The SMILES string of the molecule is Cc1ccc(Cl)cc1-n1nnnc1C1(NN(c2ccccc2)c2ccccc2)CCCCC1. The molecule has 1 aliphatic carbocycles. The van der Waals surface area contributed by atoms with Gasteiger partial charge in [0, 0.05) is 5.02 Å². The minimum absolute atomic E-state index is 0.428. The number of hydrazine groups is 1. The maximum atomic E-state index is 6.35. The molecule has 0 spiro atoms. The first kappa shape index (κ1) is 21.6. The van der Waals surface area contributed by atoms with Gasteiger partial charge in [-0.05, 0) is 72.2 Å². The fourth-order valence-corrected chi connectivity index (χ4v) is 4.81. The highest BCUT2D eigenvalue weighted by Gasteiger charge is 2.41. The van der Waals surface area contributed by atoms with Crippen molar-refractivity contribution in [3.63, 3.8) is 0 Å². The Morgan fingerprint density at radius 2 is 1.52 bits per heavy atom. The standard InChI is InChI=1S/C26H27ClN6/c1-20-15-16-21(27)19-24(20)33-25(28-30-31-33)26(17-9-4-10-18-26)29-32(22-11-5-2-6-12-22)23-13-7-3-8-14-23/h2-3,5-8,11-16,19,29H,4,9-10,17-18H2,1H3. The number of aromatic nitrogens is 4. The van der Waals surface area contributed by atoms with Gasteiger partial charge in [0.1, 0.15) is 0 Å². The summed E-state index contributed by atoms with van der Waals surface area (Å²) >= 11 is 6.35. The highest BCUT2D eigenvalue weighted by atomic mass is 35.5. The normalized spacial score (nSPS) is 15.3. The molecule has 1 aliphatic rings. The van der Waals surface area contributed by atoms with E-state index >= 15 is 0 Å². The molecule has 1 saturated carbocycles. The van der Waals surface area contributed by atoms with Crippen molar-refractivity contribution in [3.8, 4) is 5.69 Å². The molecule has 6 nitrogen and oxygen atoms in total. The zero-order valence-corrected chi connectivity index (χ0v) is 19.4. The smallest absolute Gasteiger partial charge is 0.178 e. The molecule has 0 radical (unpaired) electrons. The molecular weight excluding hydrogens is 432 g/mol. The molecule has 33 heavy (non-hydrogen) atoms. The number of hydrogen-bond donors (Lipinski definition) is 1. The van der Waals surface area contributed by atoms with Crippen LogP contribution in [0.15, 0.2) is 78.9 Å². The van der Waals surface area contributed by atoms with E-state index in [1.54, 1.807) is 0 Å². The van der Waals surface area contributed by atoms with E-state index in [9.17, 15) is 0 Å². The predicted molar refractivity (Wildman–Crippen MR) is 132 cm³/mol. The molecule has 0 bridgehead atoms. The first-order valence-corrected chi connectivity index (χ1v) is 11.8. The van der Waals surface area contributed by atoms with E-state index in [4.69, 9.17) is 11.6 Å². The Hall–Kier alpha value is -3.22. The number of rotatable bonds is 6. The molecular formula is C26H27ClN6. The van der Waals surface area contributed by atoms with Crippen LogP contribution in [0.5, 0.6) is 0 Å². The van der Waals surface area contributed by atoms with E-state index in [0.717, 1.165) is 54.1 Å². The number of hydrogen-bond acceptors (Lipinski definition) is 5. The zero-order valence-electron chi connectivity index (χ0n) is 18.7. The topological polar surface area (TPSA) is 58.9 Å². The minimum atomic E-state index is -0.428. The van der Waals surface area contributed by atoms with Crippen LogP contribution in [0.25, 0.3) is 5.69 Å². The van der Waals surface area contributed by atoms with Gasteiger partial charge >= 0.3 is 0 Å². The average Bonchev–Trinajstić information content (AvgIpc) is 3.36. The lowest BCUT2D eigenvalue weighted by molar-refractivity contribution is 0.217. The Morgan fingerprint density at radius 1 is 0.879 bits per heavy atom. The quantitative estimate of drug-likeness (QED) is 0.352. The summed E-state index contributed by atoms with van der Waals surface area (Å²) in [6.45, 7) is 2.05. The molecule has 1 heterocycles. The van der Waals surface area contributed by atoms with Crippen LogP contribution in [0.4, 0.5) is 11.4 Å². The summed E-state index contributed by atoms with van der Waals surface area (Å²) in [6, 6.07) is 26.6. The number of para-hydroxylation sites is 2. The Morgan fingerprint density at radius 3 is 2.15 bits per heavy atom. The number of aryl methyl sites for hydroxylation is 1. The summed E-state index contributed by atoms with van der Waals surface area (Å²) in [7, 11) is 0. The van der Waals surface area contributed by atoms with Gasteiger partial charge in [0.2, 0.25) is 0 Å². The van der Waals surface area contributed by atoms with Gasteiger partial charge in [-0.3, -0.25) is 5.01 Å². The van der Waals surface area contributed by atoms with E-state index in [0.29, 0.717) is 5.02 Å². The third-order valence-electron chi connectivity index (χ3n) is 6.36. The lowest BCUT2D eigenvalue weighted by Crippen LogP contribution is -2.53. The molecule has 1 fully saturated rings. The van der Waals surface area contributed by atoms with E-state index in [1.807, 2.05) is 35.0 Å². The van der Waals surface area contributed by atoms with Gasteiger partial charge in [0.25, 0.3) is 0 Å². The molecule has 5 rings (SSSR count). The van der Waals surface area contributed by atoms with Crippen molar-refractivity contribution in [1.29, 1.82) is 0 Å². The first-order chi connectivity index (χ1) is 16.2. The van der Waals surface area contributed by atoms with Crippen LogP contribution >= 0.6 is 11.6 Å². The summed E-state index contributed by atoms with van der Waals surface area (Å²) in [6.07, 6.45) is 5.28. The number of anilines is 2. The van der Waals surface area contributed by atoms with E-state index in [-0.39, 0.29) is 0 Å². The molecule has 0 saturated heterocycles. The number of halogens is 1. The predicted octanol–water partition coefficient (Wildman–Crippen LogP) is 6.13. The highest BCUT2D eigenvalue weighted by molar-refractivity contribution is 6.30. The summed E-state index contributed by atoms with van der Waals surface area (Å²) in [5.74, 6) is 0.810. The Balaban J connectivity index is 1.62. The van der Waals surface area contributed by atoms with Crippen LogP contribution in [0.1, 0.15) is 43.5 Å². The third kappa shape index (κ3) is 4.36. The minimum Gasteiger partial charge on any atom is -0.276 e. The maximum absolute atomic E-state index is 6.35. The molecule has 3 aromatic carbocycles. The average molecular weight is 459 g/mol. The summed E-state index contributed by atoms with van der Waals surface area (Å²) < 4.78 is 1.85. The van der Waals surface area contributed by atoms with Crippen molar-refractivity contribution in [2.75, 3.05) is 5.01 Å². The molecule has 1 aromatic heterocycles. The summed E-state index contributed by atoms with van der Waals surface area (Å²) in [5.41, 5.74) is 7.55. The third-order valence-corrected chi connectivity index (χ3v) is 6.59. The largest absolute Gasteiger partial charge is 0.276 e. The molecule has 0 aliphatic heterocycles. The van der Waals surface area contributed by atoms with Crippen LogP contribution < -0.4 is 10.4 Å². The molecule has 0 amide bonds. The summed E-state index contributed by atoms with van der Waals surface area (Å²) in [5, 5.41) is 15.9. The summed E-state index contributed by atoms with van der Waals surface area (Å²) in [4.78, 5) is 0. The lowest BCUT2D eigenvalue weighted by atomic mass is 9.81. The van der Waals surface area contributed by atoms with E-state index in [2.05, 4.69) is 81.4 Å². The second-order valence-electron chi connectivity index (χ2n) is 8.61. The van der Waals surface area contributed by atoms with Gasteiger partial charge in [-0.2, -0.15) is 4.68 Å². The Labute approximate surface area is 199 Å². The Kier molecular flexibility index (Phi) is 6.11. The van der Waals surface area contributed by atoms with Crippen molar-refractivity contribution in [2.24, 2.45) is 0 Å². The van der Waals surface area contributed by atoms with Gasteiger partial charge in [-0.25, -0.2) is 5.43 Å². The van der Waals surface area contributed by atoms with E-state index < -0.39 is 5.54 Å². The highest BCUT2D eigenvalue weighted by Crippen LogP contribution is 2.39. The molecule has 4 aromatic rings. The number of nitrogens with zero attached hydrogens (tertiary/aromatic N) is 5. The zero-order chi connectivity index (χ0) is 22.7. The van der Waals surface area contributed by atoms with Gasteiger partial charge in [-0.1, -0.05) is 73.3 Å². The van der Waals surface area contributed by atoms with Crippen molar-refractivity contribution < 1.29 is 0 Å². The second-order valence-corrected chi connectivity index (χ2v) is 9.04. The van der Waals surface area contributed by atoms with Crippen LogP contribution in [0, 0.1) is 6.92 Å².